The van der Waals surface area contributed by atoms with E-state index in [4.69, 9.17) is 4.74 Å². The first-order chi connectivity index (χ1) is 18.6. The van der Waals surface area contributed by atoms with E-state index >= 15 is 0 Å². The second-order valence-electron chi connectivity index (χ2n) is 9.77. The summed E-state index contributed by atoms with van der Waals surface area (Å²) in [6.07, 6.45) is -1.21. The van der Waals surface area contributed by atoms with Gasteiger partial charge in [-0.1, -0.05) is 24.3 Å². The number of hydrogen-bond donors (Lipinski definition) is 2. The maximum absolute atomic E-state index is 13.3. The van der Waals surface area contributed by atoms with Crippen molar-refractivity contribution in [3.8, 4) is 0 Å². The van der Waals surface area contributed by atoms with Crippen LogP contribution in [0.25, 0.3) is 0 Å². The number of hydrogen-bond acceptors (Lipinski definition) is 5. The number of carbonyl (C=O) groups excluding carboxylic acids is 2. The lowest BCUT2D eigenvalue weighted by atomic mass is 9.80. The largest absolute Gasteiger partial charge is 0.418 e. The van der Waals surface area contributed by atoms with Crippen LogP contribution in [0.3, 0.4) is 0 Å². The van der Waals surface area contributed by atoms with Crippen LogP contribution in [0.15, 0.2) is 71.7 Å². The van der Waals surface area contributed by atoms with Gasteiger partial charge in [0.25, 0.3) is 5.56 Å². The van der Waals surface area contributed by atoms with Gasteiger partial charge in [-0.25, -0.2) is 0 Å². The molecule has 1 aromatic heterocycles. The summed E-state index contributed by atoms with van der Waals surface area (Å²) >= 11 is 0. The molecule has 1 aliphatic rings. The zero-order chi connectivity index (χ0) is 28.0. The van der Waals surface area contributed by atoms with E-state index in [1.807, 2.05) is 0 Å². The minimum Gasteiger partial charge on any atom is -0.380 e. The van der Waals surface area contributed by atoms with E-state index in [0.717, 1.165) is 11.6 Å². The molecule has 0 radical (unpaired) electrons. The third kappa shape index (κ3) is 6.94. The molecule has 2 heterocycles. The molecule has 3 aromatic rings. The second-order valence-corrected chi connectivity index (χ2v) is 9.77. The number of ether oxygens (including phenoxy) is 1. The molecule has 1 fully saturated rings. The molecule has 1 aliphatic heterocycles. The van der Waals surface area contributed by atoms with Crippen molar-refractivity contribution < 1.29 is 27.5 Å². The quantitative estimate of drug-likeness (QED) is 0.344. The normalized spacial score (nSPS) is 17.1. The summed E-state index contributed by atoms with van der Waals surface area (Å²) in [7, 11) is 1.61. The Morgan fingerprint density at radius 1 is 1.08 bits per heavy atom. The smallest absolute Gasteiger partial charge is 0.380 e. The van der Waals surface area contributed by atoms with Gasteiger partial charge in [0.15, 0.2) is 5.78 Å². The number of alkyl halides is 3. The number of nitrogens with zero attached hydrogens (tertiary/aromatic N) is 1. The van der Waals surface area contributed by atoms with Gasteiger partial charge in [0.05, 0.1) is 23.3 Å². The van der Waals surface area contributed by atoms with Gasteiger partial charge in [0.2, 0.25) is 5.91 Å². The first-order valence-corrected chi connectivity index (χ1v) is 12.7. The zero-order valence-electron chi connectivity index (χ0n) is 21.5. The van der Waals surface area contributed by atoms with Gasteiger partial charge < -0.3 is 19.9 Å². The van der Waals surface area contributed by atoms with E-state index in [2.05, 4.69) is 10.6 Å². The van der Waals surface area contributed by atoms with Crippen molar-refractivity contribution in [2.24, 2.45) is 12.5 Å². The molecule has 1 unspecified atom stereocenters. The first kappa shape index (κ1) is 28.1. The van der Waals surface area contributed by atoms with Crippen LogP contribution in [-0.4, -0.2) is 29.5 Å². The van der Waals surface area contributed by atoms with Crippen LogP contribution in [0.5, 0.6) is 0 Å². The molecule has 1 saturated heterocycles. The highest BCUT2D eigenvalue weighted by Gasteiger charge is 2.41. The molecule has 1 atom stereocenters. The minimum atomic E-state index is -4.47. The van der Waals surface area contributed by atoms with Crippen LogP contribution in [0.4, 0.5) is 24.5 Å². The van der Waals surface area contributed by atoms with Crippen molar-refractivity contribution >= 4 is 23.1 Å². The van der Waals surface area contributed by atoms with E-state index in [0.29, 0.717) is 37.1 Å². The zero-order valence-corrected chi connectivity index (χ0v) is 21.5. The number of rotatable bonds is 10. The minimum absolute atomic E-state index is 0.0394. The van der Waals surface area contributed by atoms with Crippen molar-refractivity contribution in [3.63, 3.8) is 0 Å². The number of Topliss-reactive ketones (excluding diaryl/α,β-unsaturated/α-hetero) is 1. The Bertz CT molecular complexity index is 1380. The molecule has 2 aromatic carbocycles. The highest BCUT2D eigenvalue weighted by Crippen LogP contribution is 2.36. The van der Waals surface area contributed by atoms with Gasteiger partial charge in [0.1, 0.15) is 0 Å². The van der Waals surface area contributed by atoms with Gasteiger partial charge in [-0.15, -0.1) is 0 Å². The fraction of sp³-hybridized carbons (Fsp3) is 0.345. The van der Waals surface area contributed by atoms with E-state index in [1.165, 1.54) is 28.8 Å². The number of anilines is 2. The number of aromatic nitrogens is 1. The van der Waals surface area contributed by atoms with Gasteiger partial charge in [-0.3, -0.25) is 14.4 Å². The summed E-state index contributed by atoms with van der Waals surface area (Å²) in [6.45, 7) is 0.961. The highest BCUT2D eigenvalue weighted by atomic mass is 19.4. The predicted octanol–water partition coefficient (Wildman–Crippen LogP) is 5.22. The average molecular weight is 542 g/mol. The van der Waals surface area contributed by atoms with Crippen LogP contribution in [0.2, 0.25) is 0 Å². The third-order valence-corrected chi connectivity index (χ3v) is 6.99. The maximum Gasteiger partial charge on any atom is 0.418 e. The van der Waals surface area contributed by atoms with Gasteiger partial charge in [0, 0.05) is 50.1 Å². The summed E-state index contributed by atoms with van der Waals surface area (Å²) in [5.41, 5.74) is -0.149. The standard InChI is InChI=1S/C29H30F3N3O4/c1-35-15-12-21(17-26(35)37)25(36)7-4-13-28(14-16-39-19-28)27(38)33-18-20-8-10-22(11-9-20)34-24-6-3-2-5-23(24)29(30,31)32/h2-3,5-6,8-12,15,17,34H,4,7,13-14,16,18-19H2,1H3,(H,33,38). The van der Waals surface area contributed by atoms with Crippen molar-refractivity contribution in [2.45, 2.75) is 38.4 Å². The van der Waals surface area contributed by atoms with Crippen molar-refractivity contribution in [1.29, 1.82) is 0 Å². The number of aryl methyl sites for hydroxylation is 1. The van der Waals surface area contributed by atoms with Gasteiger partial charge >= 0.3 is 6.18 Å². The Labute approximate surface area is 224 Å². The lowest BCUT2D eigenvalue weighted by Gasteiger charge is -2.26. The van der Waals surface area contributed by atoms with Crippen molar-refractivity contribution in [3.05, 3.63) is 93.9 Å². The Morgan fingerprint density at radius 2 is 1.82 bits per heavy atom. The Balaban J connectivity index is 1.32. The molecule has 0 bridgehead atoms. The third-order valence-electron chi connectivity index (χ3n) is 6.99. The lowest BCUT2D eigenvalue weighted by molar-refractivity contribution is -0.137. The number of benzene rings is 2. The van der Waals surface area contributed by atoms with E-state index in [1.54, 1.807) is 43.6 Å². The number of halogens is 3. The Morgan fingerprint density at radius 3 is 2.49 bits per heavy atom. The lowest BCUT2D eigenvalue weighted by Crippen LogP contribution is -2.41. The highest BCUT2D eigenvalue weighted by molar-refractivity contribution is 5.95. The topological polar surface area (TPSA) is 89.4 Å². The monoisotopic (exact) mass is 541 g/mol. The van der Waals surface area contributed by atoms with Crippen LogP contribution >= 0.6 is 0 Å². The molecule has 39 heavy (non-hydrogen) atoms. The summed E-state index contributed by atoms with van der Waals surface area (Å²) in [4.78, 5) is 37.5. The molecule has 10 heteroatoms. The molecule has 0 saturated carbocycles. The number of carbonyl (C=O) groups is 2. The van der Waals surface area contributed by atoms with Crippen LogP contribution < -0.4 is 16.2 Å². The van der Waals surface area contributed by atoms with Crippen LogP contribution in [0.1, 0.15) is 47.2 Å². The number of nitrogens with one attached hydrogen (secondary N) is 2. The Kier molecular flexibility index (Phi) is 8.54. The SMILES string of the molecule is Cn1ccc(C(=O)CCCC2(C(=O)NCc3ccc(Nc4ccccc4C(F)(F)F)cc3)CCOC2)cc1=O. The molecular weight excluding hydrogens is 511 g/mol. The van der Waals surface area contributed by atoms with Crippen LogP contribution in [0, 0.1) is 5.41 Å². The number of amides is 1. The molecule has 206 valence electrons. The fourth-order valence-electron chi connectivity index (χ4n) is 4.62. The maximum atomic E-state index is 13.3. The fourth-order valence-corrected chi connectivity index (χ4v) is 4.62. The molecule has 1 amide bonds. The summed E-state index contributed by atoms with van der Waals surface area (Å²) in [5, 5.41) is 5.75. The number of ketones is 1. The molecule has 2 N–H and O–H groups in total. The molecular formula is C29H30F3N3O4. The Hall–Kier alpha value is -3.92. The summed E-state index contributed by atoms with van der Waals surface area (Å²) < 4.78 is 46.7. The first-order valence-electron chi connectivity index (χ1n) is 12.7. The summed E-state index contributed by atoms with van der Waals surface area (Å²) in [6, 6.07) is 15.0. The number of pyridine rings is 1. The molecule has 0 aliphatic carbocycles. The van der Waals surface area contributed by atoms with E-state index in [-0.39, 0.29) is 42.5 Å². The molecule has 4 rings (SSSR count). The molecule has 7 nitrogen and oxygen atoms in total. The average Bonchev–Trinajstić information content (AvgIpc) is 3.39. The van der Waals surface area contributed by atoms with Gasteiger partial charge in [-0.05, 0) is 55.2 Å². The second kappa shape index (κ2) is 11.9. The summed E-state index contributed by atoms with van der Waals surface area (Å²) in [5.74, 6) is -0.309. The van der Waals surface area contributed by atoms with Crippen molar-refractivity contribution in [1.82, 2.24) is 9.88 Å². The predicted molar refractivity (Wildman–Crippen MR) is 141 cm³/mol. The van der Waals surface area contributed by atoms with E-state index < -0.39 is 17.2 Å². The van der Waals surface area contributed by atoms with Crippen LogP contribution in [-0.2, 0) is 29.3 Å². The number of para-hydroxylation sites is 1. The van der Waals surface area contributed by atoms with Crippen molar-refractivity contribution in [2.75, 3.05) is 18.5 Å². The van der Waals surface area contributed by atoms with E-state index in [9.17, 15) is 27.6 Å². The molecule has 0 spiro atoms. The van der Waals surface area contributed by atoms with Gasteiger partial charge in [-0.2, -0.15) is 13.2 Å².